The molecule has 0 aliphatic carbocycles. The van der Waals surface area contributed by atoms with Gasteiger partial charge in [-0.2, -0.15) is 0 Å². The Morgan fingerprint density at radius 1 is 1.09 bits per heavy atom. The van der Waals surface area contributed by atoms with E-state index in [9.17, 15) is 0 Å². The molecule has 1 aromatic carbocycles. The minimum absolute atomic E-state index is 0.512. The average Bonchev–Trinajstić information content (AvgIpc) is 2.06. The van der Waals surface area contributed by atoms with E-state index in [1.54, 1.807) is 0 Å². The summed E-state index contributed by atoms with van der Waals surface area (Å²) in [6.07, 6.45) is 1.90. The van der Waals surface area contributed by atoms with Gasteiger partial charge in [0.2, 0.25) is 0 Å². The molecule has 2 heteroatoms. The Bertz CT molecular complexity index is 379. The molecule has 0 aliphatic rings. The molecule has 0 aliphatic heterocycles. The topological polar surface area (TPSA) is 12.9 Å². The molecule has 1 aromatic heterocycles. The third-order valence-electron chi connectivity index (χ3n) is 1.87. The first-order valence-corrected chi connectivity index (χ1v) is 6.54. The van der Waals surface area contributed by atoms with Crippen molar-refractivity contribution in [3.63, 3.8) is 0 Å². The van der Waals surface area contributed by atoms with Crippen molar-refractivity contribution >= 4 is 38.6 Å². The first kappa shape index (κ1) is 7.17. The van der Waals surface area contributed by atoms with E-state index in [4.69, 9.17) is 0 Å². The molecule has 0 saturated carbocycles. The summed E-state index contributed by atoms with van der Waals surface area (Å²) in [4.78, 5) is 4.30. The van der Waals surface area contributed by atoms with Crippen LogP contribution < -0.4 is 3.45 Å². The maximum absolute atomic E-state index is 4.30. The number of hydrogen-bond acceptors (Lipinski definition) is 1. The molecule has 0 fully saturated rings. The summed E-state index contributed by atoms with van der Waals surface area (Å²) in [5.74, 6) is 0. The van der Waals surface area contributed by atoms with E-state index in [-0.39, 0.29) is 0 Å². The monoisotopic (exact) mass is 245 g/mol. The normalized spacial score (nSPS) is 10.2. The van der Waals surface area contributed by atoms with Crippen LogP contribution in [0.4, 0.5) is 0 Å². The van der Waals surface area contributed by atoms with Crippen molar-refractivity contribution in [2.24, 2.45) is 0 Å². The molecule has 0 bridgehead atoms. The van der Waals surface area contributed by atoms with Gasteiger partial charge < -0.3 is 0 Å². The van der Waals surface area contributed by atoms with E-state index in [0.29, 0.717) is 24.4 Å². The fourth-order valence-corrected chi connectivity index (χ4v) is 3.00. The van der Waals surface area contributed by atoms with Crippen molar-refractivity contribution in [3.8, 4) is 0 Å². The zero-order valence-corrected chi connectivity index (χ0v) is 12.1. The summed E-state index contributed by atoms with van der Waals surface area (Å²) in [7, 11) is 0. The molecule has 0 atom stereocenters. The number of nitrogens with zero attached hydrogens (tertiary/aromatic N) is 1. The van der Waals surface area contributed by atoms with Crippen LogP contribution in [0.2, 0.25) is 0 Å². The molecular formula is C9H8InN. The van der Waals surface area contributed by atoms with E-state index in [1.807, 2.05) is 6.20 Å². The molecule has 1 heterocycles. The predicted molar refractivity (Wildman–Crippen MR) is 49.9 cm³/mol. The summed E-state index contributed by atoms with van der Waals surface area (Å²) in [6, 6.07) is 10.5. The van der Waals surface area contributed by atoms with Crippen LogP contribution in [0.3, 0.4) is 0 Å². The second kappa shape index (κ2) is 2.86. The Hall–Kier alpha value is -0.500. The van der Waals surface area contributed by atoms with Gasteiger partial charge in [-0.3, -0.25) is 0 Å². The molecule has 52 valence electrons. The van der Waals surface area contributed by atoms with Gasteiger partial charge in [0.25, 0.3) is 0 Å². The minimum atomic E-state index is 0.512. The molecule has 11 heavy (non-hydrogen) atoms. The number of benzene rings is 1. The van der Waals surface area contributed by atoms with Crippen molar-refractivity contribution in [2.75, 3.05) is 0 Å². The predicted octanol–water partition coefficient (Wildman–Crippen LogP) is 0.493. The number of hydrogen-bond donors (Lipinski definition) is 0. The van der Waals surface area contributed by atoms with E-state index in [2.05, 4.69) is 35.3 Å². The number of rotatable bonds is 0. The fourth-order valence-electron chi connectivity index (χ4n) is 1.27. The zero-order valence-electron chi connectivity index (χ0n) is 6.41. The average molecular weight is 245 g/mol. The van der Waals surface area contributed by atoms with Crippen molar-refractivity contribution in [3.05, 3.63) is 36.5 Å². The maximum atomic E-state index is 4.30. The third kappa shape index (κ3) is 1.27. The first-order valence-electron chi connectivity index (χ1n) is 3.68. The SMILES string of the molecule is [InH2][c]1nccc2ccccc12. The Morgan fingerprint density at radius 3 is 2.73 bits per heavy atom. The molecule has 0 unspecified atom stereocenters. The Morgan fingerprint density at radius 2 is 1.91 bits per heavy atom. The molecule has 0 radical (unpaired) electrons. The zero-order chi connectivity index (χ0) is 7.68. The Labute approximate surface area is 80.0 Å². The van der Waals surface area contributed by atoms with Gasteiger partial charge in [0, 0.05) is 0 Å². The fraction of sp³-hybridized carbons (Fsp3) is 0. The van der Waals surface area contributed by atoms with Crippen LogP contribution in [0.15, 0.2) is 36.5 Å². The second-order valence-electron chi connectivity index (χ2n) is 2.62. The van der Waals surface area contributed by atoms with Gasteiger partial charge in [-0.25, -0.2) is 0 Å². The molecule has 2 aromatic rings. The molecule has 2 rings (SSSR count). The van der Waals surface area contributed by atoms with E-state index >= 15 is 0 Å². The van der Waals surface area contributed by atoms with Crippen molar-refractivity contribution in [2.45, 2.75) is 0 Å². The van der Waals surface area contributed by atoms with Crippen LogP contribution in [-0.4, -0.2) is 29.4 Å². The van der Waals surface area contributed by atoms with Gasteiger partial charge in [0.1, 0.15) is 0 Å². The summed E-state index contributed by atoms with van der Waals surface area (Å²) < 4.78 is 1.31. The molecular weight excluding hydrogens is 237 g/mol. The Balaban J connectivity index is 2.91. The van der Waals surface area contributed by atoms with E-state index in [0.717, 1.165) is 0 Å². The third-order valence-corrected chi connectivity index (χ3v) is 4.15. The van der Waals surface area contributed by atoms with Crippen LogP contribution in [0.5, 0.6) is 0 Å². The van der Waals surface area contributed by atoms with Crippen LogP contribution >= 0.6 is 0 Å². The molecule has 0 N–H and O–H groups in total. The molecule has 0 amide bonds. The van der Waals surface area contributed by atoms with E-state index < -0.39 is 0 Å². The van der Waals surface area contributed by atoms with Gasteiger partial charge in [-0.05, 0) is 0 Å². The van der Waals surface area contributed by atoms with Crippen molar-refractivity contribution in [1.29, 1.82) is 0 Å². The molecule has 0 saturated heterocycles. The summed E-state index contributed by atoms with van der Waals surface area (Å²) in [5.41, 5.74) is 0. The standard InChI is InChI=1S/C9H6N.In.2H/c1-2-4-9-7-10-6-5-8(9)3-1;;;/h1-6H;;;. The summed E-state index contributed by atoms with van der Waals surface area (Å²) in [5, 5.41) is 2.66. The van der Waals surface area contributed by atoms with Gasteiger partial charge in [-0.15, -0.1) is 0 Å². The van der Waals surface area contributed by atoms with Crippen LogP contribution in [0.1, 0.15) is 0 Å². The van der Waals surface area contributed by atoms with Crippen LogP contribution in [0, 0.1) is 0 Å². The van der Waals surface area contributed by atoms with Gasteiger partial charge >= 0.3 is 80.1 Å². The van der Waals surface area contributed by atoms with Gasteiger partial charge in [0.05, 0.1) is 0 Å². The van der Waals surface area contributed by atoms with Gasteiger partial charge in [0.15, 0.2) is 0 Å². The second-order valence-corrected chi connectivity index (χ2v) is 5.32. The van der Waals surface area contributed by atoms with Gasteiger partial charge in [-0.1, -0.05) is 0 Å². The van der Waals surface area contributed by atoms with Crippen LogP contribution in [0.25, 0.3) is 10.8 Å². The number of fused-ring (bicyclic) bond motifs is 1. The summed E-state index contributed by atoms with van der Waals surface area (Å²) >= 11 is 0.512. The number of aromatic nitrogens is 1. The summed E-state index contributed by atoms with van der Waals surface area (Å²) in [6.45, 7) is 0. The van der Waals surface area contributed by atoms with Crippen molar-refractivity contribution < 1.29 is 0 Å². The molecule has 0 spiro atoms. The van der Waals surface area contributed by atoms with E-state index in [1.165, 1.54) is 14.2 Å². The van der Waals surface area contributed by atoms with Crippen molar-refractivity contribution in [1.82, 2.24) is 4.98 Å². The number of pyridine rings is 1. The first-order chi connectivity index (χ1) is 5.38. The quantitative estimate of drug-likeness (QED) is 0.658. The van der Waals surface area contributed by atoms with Crippen LogP contribution in [-0.2, 0) is 0 Å². The molecule has 1 nitrogen and oxygen atoms in total. The Kier molecular flexibility index (Phi) is 1.86.